The zero-order chi connectivity index (χ0) is 34.9. The lowest BCUT2D eigenvalue weighted by atomic mass is 9.77. The van der Waals surface area contributed by atoms with Gasteiger partial charge in [0.05, 0.1) is 0 Å². The minimum Gasteiger partial charge on any atom is -0.451 e. The van der Waals surface area contributed by atoms with Crippen LogP contribution in [0.2, 0.25) is 0 Å². The molecule has 2 atom stereocenters. The Hall–Kier alpha value is -6.30. The van der Waals surface area contributed by atoms with Gasteiger partial charge in [-0.2, -0.15) is 0 Å². The van der Waals surface area contributed by atoms with E-state index in [1.54, 1.807) is 12.2 Å². The highest BCUT2D eigenvalue weighted by molar-refractivity contribution is 5.88. The lowest BCUT2D eigenvalue weighted by Crippen LogP contribution is -2.48. The highest BCUT2D eigenvalue weighted by atomic mass is 16.7. The Labute approximate surface area is 298 Å². The van der Waals surface area contributed by atoms with E-state index in [4.69, 9.17) is 14.2 Å². The van der Waals surface area contributed by atoms with Crippen LogP contribution in [0.1, 0.15) is 33.4 Å². The van der Waals surface area contributed by atoms with Gasteiger partial charge in [0.15, 0.2) is 23.4 Å². The third-order valence-corrected chi connectivity index (χ3v) is 9.12. The number of rotatable bonds is 10. The Balaban J connectivity index is 1.47. The number of hydrogen-bond acceptors (Lipinski definition) is 5. The summed E-state index contributed by atoms with van der Waals surface area (Å²) < 4.78 is 20.8. The van der Waals surface area contributed by atoms with Crippen LogP contribution in [0.4, 0.5) is 0 Å². The summed E-state index contributed by atoms with van der Waals surface area (Å²) in [5.74, 6) is -1.22. The summed E-state index contributed by atoms with van der Waals surface area (Å²) >= 11 is 0. The first-order valence-corrected chi connectivity index (χ1v) is 16.9. The van der Waals surface area contributed by atoms with Crippen LogP contribution in [0.25, 0.3) is 12.2 Å². The monoisotopic (exact) mass is 668 g/mol. The fourth-order valence-electron chi connectivity index (χ4n) is 6.84. The predicted octanol–water partition coefficient (Wildman–Crippen LogP) is 9.15. The molecule has 0 unspecified atom stereocenters. The SMILES string of the molecule is O=C(/C=C/c1ccccc1)O[C@@H]1[C@@H](OC(=O)/C=C/c2ccccc2)C(c2ccccc2)(c2ccccc2)OC1(c1ccccc1)c1ccccc1. The minimum atomic E-state index is -1.43. The summed E-state index contributed by atoms with van der Waals surface area (Å²) in [5, 5.41) is 0. The van der Waals surface area contributed by atoms with Crippen LogP contribution in [0.15, 0.2) is 194 Å². The number of hydrogen-bond donors (Lipinski definition) is 0. The van der Waals surface area contributed by atoms with E-state index < -0.39 is 35.3 Å². The molecule has 51 heavy (non-hydrogen) atoms. The first kappa shape index (κ1) is 33.2. The van der Waals surface area contributed by atoms with Crippen molar-refractivity contribution >= 4 is 24.1 Å². The topological polar surface area (TPSA) is 61.8 Å². The van der Waals surface area contributed by atoms with Gasteiger partial charge in [-0.05, 0) is 45.5 Å². The maximum absolute atomic E-state index is 14.0. The molecule has 0 amide bonds. The van der Waals surface area contributed by atoms with Gasteiger partial charge in [-0.3, -0.25) is 0 Å². The molecular formula is C46H36O5. The molecule has 0 aliphatic carbocycles. The summed E-state index contributed by atoms with van der Waals surface area (Å²) in [5.41, 5.74) is 1.74. The van der Waals surface area contributed by atoms with Crippen LogP contribution in [-0.4, -0.2) is 24.1 Å². The van der Waals surface area contributed by atoms with E-state index >= 15 is 0 Å². The molecule has 7 rings (SSSR count). The molecule has 1 fully saturated rings. The van der Waals surface area contributed by atoms with Crippen LogP contribution in [0.3, 0.4) is 0 Å². The second-order valence-electron chi connectivity index (χ2n) is 12.2. The van der Waals surface area contributed by atoms with Gasteiger partial charge in [-0.25, -0.2) is 9.59 Å². The highest BCUT2D eigenvalue weighted by Gasteiger charge is 2.69. The molecular weight excluding hydrogens is 633 g/mol. The van der Waals surface area contributed by atoms with Crippen LogP contribution < -0.4 is 0 Å². The number of ether oxygens (including phenoxy) is 3. The molecule has 0 saturated carbocycles. The molecule has 1 aliphatic heterocycles. The molecule has 6 aromatic carbocycles. The minimum absolute atomic E-state index is 0.610. The molecule has 1 heterocycles. The molecule has 250 valence electrons. The number of esters is 2. The van der Waals surface area contributed by atoms with E-state index in [1.807, 2.05) is 182 Å². The number of carbonyl (C=O) groups is 2. The van der Waals surface area contributed by atoms with Crippen molar-refractivity contribution in [2.75, 3.05) is 0 Å². The van der Waals surface area contributed by atoms with Crippen molar-refractivity contribution in [2.24, 2.45) is 0 Å². The summed E-state index contributed by atoms with van der Waals surface area (Å²) in [6.07, 6.45) is 3.88. The van der Waals surface area contributed by atoms with Gasteiger partial charge < -0.3 is 14.2 Å². The Kier molecular flexibility index (Phi) is 9.82. The number of carbonyl (C=O) groups excluding carboxylic acids is 2. The molecule has 0 bridgehead atoms. The van der Waals surface area contributed by atoms with Crippen molar-refractivity contribution in [2.45, 2.75) is 23.4 Å². The molecule has 6 aromatic rings. The van der Waals surface area contributed by atoms with E-state index in [1.165, 1.54) is 12.2 Å². The van der Waals surface area contributed by atoms with Crippen LogP contribution in [0, 0.1) is 0 Å². The predicted molar refractivity (Wildman–Crippen MR) is 199 cm³/mol. The van der Waals surface area contributed by atoms with Crippen LogP contribution >= 0.6 is 0 Å². The summed E-state index contributed by atoms with van der Waals surface area (Å²) in [4.78, 5) is 28.1. The Morgan fingerprint density at radius 2 is 0.667 bits per heavy atom. The Morgan fingerprint density at radius 1 is 0.412 bits per heavy atom. The van der Waals surface area contributed by atoms with Gasteiger partial charge in [-0.1, -0.05) is 182 Å². The van der Waals surface area contributed by atoms with Gasteiger partial charge in [0, 0.05) is 12.2 Å². The molecule has 0 N–H and O–H groups in total. The van der Waals surface area contributed by atoms with Crippen molar-refractivity contribution in [3.8, 4) is 0 Å². The fraction of sp³-hybridized carbons (Fsp3) is 0.0870. The van der Waals surface area contributed by atoms with Crippen LogP contribution in [-0.2, 0) is 35.0 Å². The molecule has 0 aromatic heterocycles. The molecule has 1 saturated heterocycles. The Morgan fingerprint density at radius 3 is 0.941 bits per heavy atom. The van der Waals surface area contributed by atoms with Crippen molar-refractivity contribution in [3.05, 3.63) is 228 Å². The Bertz CT molecular complexity index is 1860. The molecule has 0 spiro atoms. The average molecular weight is 669 g/mol. The lowest BCUT2D eigenvalue weighted by molar-refractivity contribution is -0.164. The van der Waals surface area contributed by atoms with Gasteiger partial charge in [0.2, 0.25) is 0 Å². The van der Waals surface area contributed by atoms with Crippen LogP contribution in [0.5, 0.6) is 0 Å². The van der Waals surface area contributed by atoms with Crippen molar-refractivity contribution < 1.29 is 23.8 Å². The summed E-state index contributed by atoms with van der Waals surface area (Å²) in [6.45, 7) is 0. The first-order valence-electron chi connectivity index (χ1n) is 16.9. The summed E-state index contributed by atoms with van der Waals surface area (Å²) in [7, 11) is 0. The van der Waals surface area contributed by atoms with E-state index in [-0.39, 0.29) is 0 Å². The maximum Gasteiger partial charge on any atom is 0.331 e. The summed E-state index contributed by atoms with van der Waals surface area (Å²) in [6, 6.07) is 57.7. The van der Waals surface area contributed by atoms with E-state index in [2.05, 4.69) is 0 Å². The molecule has 1 aliphatic rings. The fourth-order valence-corrected chi connectivity index (χ4v) is 6.84. The van der Waals surface area contributed by atoms with Crippen molar-refractivity contribution in [3.63, 3.8) is 0 Å². The van der Waals surface area contributed by atoms with E-state index in [0.717, 1.165) is 33.4 Å². The lowest BCUT2D eigenvalue weighted by Gasteiger charge is -2.37. The van der Waals surface area contributed by atoms with E-state index in [0.29, 0.717) is 0 Å². The second kappa shape index (κ2) is 15.1. The van der Waals surface area contributed by atoms with Gasteiger partial charge in [0.1, 0.15) is 0 Å². The molecule has 0 radical (unpaired) electrons. The average Bonchev–Trinajstić information content (AvgIpc) is 3.49. The molecule has 5 nitrogen and oxygen atoms in total. The zero-order valence-corrected chi connectivity index (χ0v) is 27.8. The van der Waals surface area contributed by atoms with Gasteiger partial charge in [0.25, 0.3) is 0 Å². The second-order valence-corrected chi connectivity index (χ2v) is 12.2. The normalized spacial score (nSPS) is 17.6. The third kappa shape index (κ3) is 6.80. The smallest absolute Gasteiger partial charge is 0.331 e. The molecule has 5 heteroatoms. The quantitative estimate of drug-likeness (QED) is 0.108. The largest absolute Gasteiger partial charge is 0.451 e. The zero-order valence-electron chi connectivity index (χ0n) is 27.8. The highest BCUT2D eigenvalue weighted by Crippen LogP contribution is 2.58. The maximum atomic E-state index is 14.0. The van der Waals surface area contributed by atoms with E-state index in [9.17, 15) is 9.59 Å². The number of benzene rings is 6. The van der Waals surface area contributed by atoms with Gasteiger partial charge in [-0.15, -0.1) is 0 Å². The standard InChI is InChI=1S/C46H36O5/c47-41(33-31-35-19-7-1-8-20-35)49-43-44(50-42(48)34-32-36-21-9-2-10-22-36)46(39-27-15-5-16-28-39,40-29-17-6-18-30-40)51-45(43,37-23-11-3-12-24-37)38-25-13-4-14-26-38/h1-34,43-44H/b33-31+,34-32+/t43-,44-/m1/s1. The third-order valence-electron chi connectivity index (χ3n) is 9.12. The van der Waals surface area contributed by atoms with Crippen molar-refractivity contribution in [1.82, 2.24) is 0 Å². The first-order chi connectivity index (χ1) is 25.1. The van der Waals surface area contributed by atoms with Gasteiger partial charge >= 0.3 is 11.9 Å². The van der Waals surface area contributed by atoms with Crippen molar-refractivity contribution in [1.29, 1.82) is 0 Å².